The number of terminal acetylenes is 1. The van der Waals surface area contributed by atoms with Gasteiger partial charge in [-0.15, -0.1) is 12.3 Å². The molecular formula is C12H14BrNO. The normalized spacial score (nSPS) is 9.60. The van der Waals surface area contributed by atoms with Crippen molar-refractivity contribution < 1.29 is 4.74 Å². The second-order valence-electron chi connectivity index (χ2n) is 3.01. The van der Waals surface area contributed by atoms with E-state index >= 15 is 0 Å². The fraction of sp³-hybridized carbons (Fsp3) is 0.333. The van der Waals surface area contributed by atoms with Gasteiger partial charge in [0.25, 0.3) is 0 Å². The fourth-order valence-electron chi connectivity index (χ4n) is 1.08. The van der Waals surface area contributed by atoms with Gasteiger partial charge in [-0.05, 0) is 18.2 Å². The van der Waals surface area contributed by atoms with E-state index in [1.54, 1.807) is 0 Å². The summed E-state index contributed by atoms with van der Waals surface area (Å²) in [6.45, 7) is 2.31. The highest BCUT2D eigenvalue weighted by molar-refractivity contribution is 9.10. The van der Waals surface area contributed by atoms with Gasteiger partial charge in [-0.25, -0.2) is 0 Å². The topological polar surface area (TPSA) is 21.3 Å². The van der Waals surface area contributed by atoms with Crippen LogP contribution in [0.4, 0.5) is 0 Å². The number of hydrogen-bond donors (Lipinski definition) is 1. The minimum Gasteiger partial charge on any atom is -0.492 e. The third-order valence-corrected chi connectivity index (χ3v) is 2.28. The Kier molecular flexibility index (Phi) is 5.91. The molecule has 0 spiro atoms. The molecule has 1 aromatic rings. The lowest BCUT2D eigenvalue weighted by atomic mass is 10.3. The lowest BCUT2D eigenvalue weighted by Crippen LogP contribution is -2.21. The van der Waals surface area contributed by atoms with E-state index in [9.17, 15) is 0 Å². The van der Waals surface area contributed by atoms with Crippen LogP contribution in [0.15, 0.2) is 28.7 Å². The number of halogens is 1. The smallest absolute Gasteiger partial charge is 0.120 e. The number of ether oxygens (including phenoxy) is 1. The zero-order valence-corrected chi connectivity index (χ0v) is 10.1. The molecule has 0 fully saturated rings. The van der Waals surface area contributed by atoms with Crippen LogP contribution < -0.4 is 10.1 Å². The maximum atomic E-state index is 5.52. The van der Waals surface area contributed by atoms with Gasteiger partial charge >= 0.3 is 0 Å². The van der Waals surface area contributed by atoms with Crippen molar-refractivity contribution >= 4 is 15.9 Å². The van der Waals surface area contributed by atoms with Gasteiger partial charge in [0, 0.05) is 24.0 Å². The van der Waals surface area contributed by atoms with Crippen LogP contribution in [0.3, 0.4) is 0 Å². The first kappa shape index (κ1) is 12.1. The van der Waals surface area contributed by atoms with Crippen LogP contribution in [0.25, 0.3) is 0 Å². The van der Waals surface area contributed by atoms with Crippen molar-refractivity contribution in [2.75, 3.05) is 19.7 Å². The molecule has 0 aliphatic carbocycles. The Labute approximate surface area is 99.2 Å². The molecule has 0 aromatic heterocycles. The van der Waals surface area contributed by atoms with Crippen LogP contribution in [0.5, 0.6) is 5.75 Å². The number of benzene rings is 1. The van der Waals surface area contributed by atoms with Gasteiger partial charge in [-0.3, -0.25) is 0 Å². The highest BCUT2D eigenvalue weighted by atomic mass is 79.9. The molecule has 2 nitrogen and oxygen atoms in total. The van der Waals surface area contributed by atoms with Crippen LogP contribution in [0.1, 0.15) is 6.42 Å². The standard InChI is InChI=1S/C12H14BrNO/c1-2-3-7-14-8-9-15-12-6-4-5-11(13)10-12/h1,4-6,10,14H,3,7-9H2. The molecule has 0 aliphatic heterocycles. The average molecular weight is 268 g/mol. The fourth-order valence-corrected chi connectivity index (χ4v) is 1.46. The van der Waals surface area contributed by atoms with Crippen molar-refractivity contribution in [1.82, 2.24) is 5.32 Å². The molecule has 0 saturated heterocycles. The monoisotopic (exact) mass is 267 g/mol. The average Bonchev–Trinajstić information content (AvgIpc) is 2.23. The zero-order chi connectivity index (χ0) is 10.9. The Morgan fingerprint density at radius 3 is 3.00 bits per heavy atom. The van der Waals surface area contributed by atoms with Gasteiger partial charge in [0.15, 0.2) is 0 Å². The van der Waals surface area contributed by atoms with E-state index in [0.717, 1.165) is 29.7 Å². The van der Waals surface area contributed by atoms with Crippen LogP contribution in [-0.2, 0) is 0 Å². The molecule has 0 saturated carbocycles. The molecule has 3 heteroatoms. The second-order valence-corrected chi connectivity index (χ2v) is 3.93. The number of nitrogens with one attached hydrogen (secondary N) is 1. The summed E-state index contributed by atoms with van der Waals surface area (Å²) in [5.41, 5.74) is 0. The molecule has 80 valence electrons. The molecule has 1 N–H and O–H groups in total. The van der Waals surface area contributed by atoms with Crippen LogP contribution in [-0.4, -0.2) is 19.7 Å². The van der Waals surface area contributed by atoms with Crippen molar-refractivity contribution in [2.24, 2.45) is 0 Å². The maximum absolute atomic E-state index is 5.52. The Morgan fingerprint density at radius 1 is 1.40 bits per heavy atom. The van der Waals surface area contributed by atoms with Crippen molar-refractivity contribution in [2.45, 2.75) is 6.42 Å². The lowest BCUT2D eigenvalue weighted by Gasteiger charge is -2.06. The molecule has 1 aromatic carbocycles. The number of hydrogen-bond acceptors (Lipinski definition) is 2. The number of rotatable bonds is 6. The largest absolute Gasteiger partial charge is 0.492 e. The van der Waals surface area contributed by atoms with Crippen molar-refractivity contribution in [3.05, 3.63) is 28.7 Å². The molecule has 0 bridgehead atoms. The summed E-state index contributed by atoms with van der Waals surface area (Å²) in [7, 11) is 0. The third kappa shape index (κ3) is 5.46. The molecule has 0 radical (unpaired) electrons. The van der Waals surface area contributed by atoms with E-state index in [2.05, 4.69) is 27.2 Å². The van der Waals surface area contributed by atoms with E-state index in [-0.39, 0.29) is 0 Å². The van der Waals surface area contributed by atoms with Gasteiger partial charge in [0.05, 0.1) is 0 Å². The predicted molar refractivity (Wildman–Crippen MR) is 66.0 cm³/mol. The molecule has 0 amide bonds. The summed E-state index contributed by atoms with van der Waals surface area (Å²) in [4.78, 5) is 0. The lowest BCUT2D eigenvalue weighted by molar-refractivity contribution is 0.314. The van der Waals surface area contributed by atoms with Gasteiger partial charge in [0.1, 0.15) is 12.4 Å². The van der Waals surface area contributed by atoms with Crippen LogP contribution in [0.2, 0.25) is 0 Å². The summed E-state index contributed by atoms with van der Waals surface area (Å²) >= 11 is 3.39. The quantitative estimate of drug-likeness (QED) is 0.632. The Morgan fingerprint density at radius 2 is 2.27 bits per heavy atom. The Balaban J connectivity index is 2.13. The Bertz CT molecular complexity index is 333. The van der Waals surface area contributed by atoms with Gasteiger partial charge in [-0.2, -0.15) is 0 Å². The molecule has 1 rings (SSSR count). The molecule has 0 heterocycles. The van der Waals surface area contributed by atoms with E-state index in [1.165, 1.54) is 0 Å². The summed E-state index contributed by atoms with van der Waals surface area (Å²) in [5.74, 6) is 3.45. The highest BCUT2D eigenvalue weighted by Gasteiger charge is 1.93. The zero-order valence-electron chi connectivity index (χ0n) is 8.50. The van der Waals surface area contributed by atoms with Crippen molar-refractivity contribution in [3.63, 3.8) is 0 Å². The minimum atomic E-state index is 0.654. The van der Waals surface area contributed by atoms with Gasteiger partial charge in [0.2, 0.25) is 0 Å². The Hall–Kier alpha value is -0.980. The molecule has 0 atom stereocenters. The molecule has 0 aliphatic rings. The van der Waals surface area contributed by atoms with Crippen LogP contribution >= 0.6 is 15.9 Å². The summed E-state index contributed by atoms with van der Waals surface area (Å²) in [6, 6.07) is 7.80. The second kappa shape index (κ2) is 7.33. The van der Waals surface area contributed by atoms with Crippen molar-refractivity contribution in [1.29, 1.82) is 0 Å². The summed E-state index contributed by atoms with van der Waals surface area (Å²) < 4.78 is 6.55. The van der Waals surface area contributed by atoms with Gasteiger partial charge in [-0.1, -0.05) is 22.0 Å². The first-order valence-corrected chi connectivity index (χ1v) is 5.65. The van der Waals surface area contributed by atoms with E-state index in [1.807, 2.05) is 24.3 Å². The van der Waals surface area contributed by atoms with E-state index < -0.39 is 0 Å². The maximum Gasteiger partial charge on any atom is 0.120 e. The first-order valence-electron chi connectivity index (χ1n) is 4.85. The SMILES string of the molecule is C#CCCNCCOc1cccc(Br)c1. The van der Waals surface area contributed by atoms with E-state index in [4.69, 9.17) is 11.2 Å². The minimum absolute atomic E-state index is 0.654. The highest BCUT2D eigenvalue weighted by Crippen LogP contribution is 2.17. The molecule has 0 unspecified atom stereocenters. The third-order valence-electron chi connectivity index (χ3n) is 1.79. The summed E-state index contributed by atoms with van der Waals surface area (Å²) in [6.07, 6.45) is 5.89. The first-order chi connectivity index (χ1) is 7.33. The molecular weight excluding hydrogens is 254 g/mol. The van der Waals surface area contributed by atoms with Crippen molar-refractivity contribution in [3.8, 4) is 18.1 Å². The summed E-state index contributed by atoms with van der Waals surface area (Å²) in [5, 5.41) is 3.19. The van der Waals surface area contributed by atoms with Gasteiger partial charge < -0.3 is 10.1 Å². The van der Waals surface area contributed by atoms with Crippen LogP contribution in [0, 0.1) is 12.3 Å². The van der Waals surface area contributed by atoms with E-state index in [0.29, 0.717) is 6.61 Å². The molecule has 15 heavy (non-hydrogen) atoms. The predicted octanol–water partition coefficient (Wildman–Crippen LogP) is 2.44.